The minimum absolute atomic E-state index is 0.0452. The molecular formula is C24H18ClF3N3O6PS. The predicted molar refractivity (Wildman–Crippen MR) is 141 cm³/mol. The van der Waals surface area contributed by atoms with Gasteiger partial charge in [0.15, 0.2) is 0 Å². The number of benzene rings is 3. The molecule has 3 aromatic carbocycles. The summed E-state index contributed by atoms with van der Waals surface area (Å²) in [5.41, 5.74) is -3.31. The summed E-state index contributed by atoms with van der Waals surface area (Å²) in [5, 5.41) is 5.85. The molecule has 0 radical (unpaired) electrons. The first-order chi connectivity index (χ1) is 18.3. The molecule has 0 aliphatic heterocycles. The van der Waals surface area contributed by atoms with E-state index in [0.29, 0.717) is 15.9 Å². The number of amides is 2. The number of urea groups is 1. The van der Waals surface area contributed by atoms with Crippen LogP contribution < -0.4 is 10.6 Å². The van der Waals surface area contributed by atoms with Crippen molar-refractivity contribution >= 4 is 65.4 Å². The Bertz CT molecular complexity index is 1590. The first-order valence-electron chi connectivity index (χ1n) is 10.9. The largest absolute Gasteiger partial charge is 0.469 e. The number of phosphoric acid groups is 1. The number of aromatic nitrogens is 1. The van der Waals surface area contributed by atoms with Gasteiger partial charge in [-0.15, -0.1) is 0 Å². The number of thioether (sulfide) groups is 1. The maximum atomic E-state index is 13.5. The molecule has 0 aliphatic carbocycles. The molecule has 0 fully saturated rings. The van der Waals surface area contributed by atoms with Crippen molar-refractivity contribution in [3.8, 4) is 0 Å². The first-order valence-corrected chi connectivity index (χ1v) is 13.6. The third-order valence-corrected chi connectivity index (χ3v) is 6.66. The van der Waals surface area contributed by atoms with Crippen LogP contribution >= 0.6 is 31.2 Å². The van der Waals surface area contributed by atoms with E-state index in [2.05, 4.69) is 15.2 Å². The van der Waals surface area contributed by atoms with Gasteiger partial charge in [0.2, 0.25) is 0 Å². The van der Waals surface area contributed by atoms with Gasteiger partial charge in [0.1, 0.15) is 0 Å². The van der Waals surface area contributed by atoms with Crippen LogP contribution in [0.5, 0.6) is 0 Å². The van der Waals surface area contributed by atoms with Crippen molar-refractivity contribution in [1.29, 1.82) is 0 Å². The van der Waals surface area contributed by atoms with Crippen molar-refractivity contribution in [2.75, 3.05) is 10.6 Å². The molecule has 204 valence electrons. The van der Waals surface area contributed by atoms with Gasteiger partial charge in [-0.25, -0.2) is 9.36 Å². The summed E-state index contributed by atoms with van der Waals surface area (Å²) in [6, 6.07) is 15.1. The molecule has 2 amide bonds. The Labute approximate surface area is 228 Å². The number of anilines is 2. The van der Waals surface area contributed by atoms with Crippen LogP contribution in [0.25, 0.3) is 10.9 Å². The van der Waals surface area contributed by atoms with Crippen LogP contribution in [0.2, 0.25) is 5.02 Å². The number of phosphoric ester groups is 1. The van der Waals surface area contributed by atoms with E-state index >= 15 is 0 Å². The number of hydrogen-bond acceptors (Lipinski definition) is 5. The van der Waals surface area contributed by atoms with E-state index in [1.807, 2.05) is 0 Å². The molecule has 0 atom stereocenters. The summed E-state index contributed by atoms with van der Waals surface area (Å²) in [5.74, 6) is -0.571. The number of carbonyl (C=O) groups is 2. The number of nitrogens with one attached hydrogen (secondary N) is 2. The maximum Gasteiger partial charge on any atom is 0.469 e. The fourth-order valence-electron chi connectivity index (χ4n) is 3.63. The van der Waals surface area contributed by atoms with E-state index in [1.54, 1.807) is 24.3 Å². The fraction of sp³-hybridized carbons (Fsp3) is 0.0833. The van der Waals surface area contributed by atoms with Crippen LogP contribution in [0.3, 0.4) is 0 Å². The molecule has 4 aromatic rings. The van der Waals surface area contributed by atoms with Gasteiger partial charge in [-0.3, -0.25) is 13.9 Å². The molecule has 0 saturated heterocycles. The standard InChI is InChI=1S/C24H18ClF3N3O6PS/c25-15-5-10-21-19(11-15)20(30-23(33)29-16-6-8-17(9-7-16)39-24(26,27)28)12-31(21)22(32)18-4-2-1-3-14(18)13-37-38(34,35)36/h1-12H,13H2,(H2,29,30,33)(H2,34,35,36). The molecule has 0 unspecified atom stereocenters. The number of carbonyl (C=O) groups excluding carboxylic acids is 2. The maximum absolute atomic E-state index is 13.5. The highest BCUT2D eigenvalue weighted by molar-refractivity contribution is 8.00. The topological polar surface area (TPSA) is 130 Å². The Morgan fingerprint density at radius 1 is 1.03 bits per heavy atom. The summed E-state index contributed by atoms with van der Waals surface area (Å²) in [7, 11) is -4.79. The van der Waals surface area contributed by atoms with Gasteiger partial charge in [-0.1, -0.05) is 29.8 Å². The molecule has 9 nitrogen and oxygen atoms in total. The van der Waals surface area contributed by atoms with Crippen molar-refractivity contribution in [2.24, 2.45) is 0 Å². The SMILES string of the molecule is O=C(Nc1ccc(SC(F)(F)F)cc1)Nc1cn(C(=O)c2ccccc2COP(=O)(O)O)c2ccc(Cl)cc12. The van der Waals surface area contributed by atoms with Crippen LogP contribution in [-0.4, -0.2) is 31.8 Å². The fourth-order valence-corrected chi connectivity index (χ4v) is 4.65. The summed E-state index contributed by atoms with van der Waals surface area (Å²) in [4.78, 5) is 44.2. The highest BCUT2D eigenvalue weighted by atomic mass is 35.5. The van der Waals surface area contributed by atoms with Crippen LogP contribution in [0.1, 0.15) is 15.9 Å². The average molecular weight is 600 g/mol. The van der Waals surface area contributed by atoms with Gasteiger partial charge in [0.05, 0.1) is 17.8 Å². The average Bonchev–Trinajstić information content (AvgIpc) is 3.19. The van der Waals surface area contributed by atoms with E-state index in [-0.39, 0.29) is 39.2 Å². The van der Waals surface area contributed by atoms with Crippen molar-refractivity contribution < 1.29 is 41.6 Å². The zero-order valence-electron chi connectivity index (χ0n) is 19.5. The second-order valence-corrected chi connectivity index (χ2v) is 10.8. The van der Waals surface area contributed by atoms with Crippen LogP contribution in [-0.2, 0) is 15.7 Å². The number of hydrogen-bond donors (Lipinski definition) is 4. The van der Waals surface area contributed by atoms with E-state index < -0.39 is 31.9 Å². The molecule has 4 rings (SSSR count). The third-order valence-electron chi connectivity index (χ3n) is 5.22. The van der Waals surface area contributed by atoms with Gasteiger partial charge in [0, 0.05) is 32.8 Å². The Morgan fingerprint density at radius 2 is 1.72 bits per heavy atom. The minimum Gasteiger partial charge on any atom is -0.308 e. The monoisotopic (exact) mass is 599 g/mol. The number of alkyl halides is 3. The summed E-state index contributed by atoms with van der Waals surface area (Å²) in [6.45, 7) is -0.523. The van der Waals surface area contributed by atoms with Crippen molar-refractivity contribution in [2.45, 2.75) is 17.0 Å². The van der Waals surface area contributed by atoms with E-state index in [1.165, 1.54) is 53.2 Å². The molecule has 0 aliphatic rings. The van der Waals surface area contributed by atoms with Gasteiger partial charge in [0.25, 0.3) is 5.91 Å². The third kappa shape index (κ3) is 7.63. The van der Waals surface area contributed by atoms with Crippen LogP contribution in [0.15, 0.2) is 77.8 Å². The van der Waals surface area contributed by atoms with Crippen molar-refractivity contribution in [3.05, 3.63) is 89.1 Å². The second-order valence-electron chi connectivity index (χ2n) is 7.95. The zero-order chi connectivity index (χ0) is 28.4. The Hall–Kier alpha value is -3.32. The second kappa shape index (κ2) is 11.4. The number of nitrogens with zero attached hydrogens (tertiary/aromatic N) is 1. The van der Waals surface area contributed by atoms with Gasteiger partial charge in [-0.05, 0) is 65.9 Å². The molecular weight excluding hydrogens is 582 g/mol. The first kappa shape index (κ1) is 28.7. The normalized spacial score (nSPS) is 11.9. The number of halogens is 4. The molecule has 0 spiro atoms. The highest BCUT2D eigenvalue weighted by Gasteiger charge is 2.29. The lowest BCUT2D eigenvalue weighted by atomic mass is 10.1. The zero-order valence-corrected chi connectivity index (χ0v) is 21.9. The van der Waals surface area contributed by atoms with Crippen LogP contribution in [0.4, 0.5) is 29.3 Å². The Kier molecular flexibility index (Phi) is 8.40. The van der Waals surface area contributed by atoms with Gasteiger partial charge >= 0.3 is 19.4 Å². The van der Waals surface area contributed by atoms with Crippen LogP contribution in [0, 0.1) is 0 Å². The van der Waals surface area contributed by atoms with Crippen molar-refractivity contribution in [3.63, 3.8) is 0 Å². The van der Waals surface area contributed by atoms with Gasteiger partial charge in [-0.2, -0.15) is 13.2 Å². The lowest BCUT2D eigenvalue weighted by Crippen LogP contribution is -2.19. The van der Waals surface area contributed by atoms with E-state index in [9.17, 15) is 27.3 Å². The summed E-state index contributed by atoms with van der Waals surface area (Å²) in [6.07, 6.45) is 1.35. The lowest BCUT2D eigenvalue weighted by molar-refractivity contribution is -0.0328. The molecule has 0 saturated carbocycles. The minimum atomic E-state index is -4.79. The summed E-state index contributed by atoms with van der Waals surface area (Å²) >= 11 is 5.86. The highest BCUT2D eigenvalue weighted by Crippen LogP contribution is 2.38. The molecule has 39 heavy (non-hydrogen) atoms. The Balaban J connectivity index is 1.59. The molecule has 0 bridgehead atoms. The predicted octanol–water partition coefficient (Wildman–Crippen LogP) is 6.85. The van der Waals surface area contributed by atoms with E-state index in [0.717, 1.165) is 0 Å². The quantitative estimate of drug-likeness (QED) is 0.135. The molecule has 4 N–H and O–H groups in total. The molecule has 1 aromatic heterocycles. The number of fused-ring (bicyclic) bond motifs is 1. The van der Waals surface area contributed by atoms with Crippen molar-refractivity contribution in [1.82, 2.24) is 4.57 Å². The van der Waals surface area contributed by atoms with Gasteiger partial charge < -0.3 is 20.4 Å². The van der Waals surface area contributed by atoms with E-state index in [4.69, 9.17) is 21.4 Å². The lowest BCUT2D eigenvalue weighted by Gasteiger charge is -2.11. The molecule has 1 heterocycles. The Morgan fingerprint density at radius 3 is 2.38 bits per heavy atom. The molecule has 15 heteroatoms. The number of rotatable bonds is 7. The summed E-state index contributed by atoms with van der Waals surface area (Å²) < 4.78 is 54.5. The smallest absolute Gasteiger partial charge is 0.308 e.